The molecule has 1 atom stereocenters. The molecule has 0 amide bonds. The third kappa shape index (κ3) is 1.61. The molecular formula is C9H12ClN3. The van der Waals surface area contributed by atoms with Crippen molar-refractivity contribution in [2.75, 3.05) is 11.4 Å². The zero-order valence-corrected chi connectivity index (χ0v) is 8.33. The first kappa shape index (κ1) is 8.75. The standard InChI is InChI=1S/C9H12ClN3/c1-2-7-3-4-13(7)9-6-11-5-8(10)12-9/h5-7H,2-4H2,1H3. The number of aromatic nitrogens is 2. The number of anilines is 1. The van der Waals surface area contributed by atoms with Gasteiger partial charge < -0.3 is 4.90 Å². The Morgan fingerprint density at radius 2 is 2.46 bits per heavy atom. The molecule has 0 saturated carbocycles. The molecular weight excluding hydrogens is 186 g/mol. The van der Waals surface area contributed by atoms with Gasteiger partial charge in [-0.3, -0.25) is 4.98 Å². The fraction of sp³-hybridized carbons (Fsp3) is 0.556. The first-order valence-electron chi connectivity index (χ1n) is 4.55. The molecule has 2 heterocycles. The van der Waals surface area contributed by atoms with E-state index in [0.29, 0.717) is 11.2 Å². The van der Waals surface area contributed by atoms with Crippen molar-refractivity contribution in [2.24, 2.45) is 0 Å². The molecule has 1 fully saturated rings. The molecule has 1 aromatic rings. The molecule has 0 bridgehead atoms. The fourth-order valence-electron chi connectivity index (χ4n) is 1.64. The highest BCUT2D eigenvalue weighted by molar-refractivity contribution is 6.29. The largest absolute Gasteiger partial charge is 0.352 e. The summed E-state index contributed by atoms with van der Waals surface area (Å²) in [6.07, 6.45) is 5.75. The average molecular weight is 198 g/mol. The summed E-state index contributed by atoms with van der Waals surface area (Å²) < 4.78 is 0. The van der Waals surface area contributed by atoms with Gasteiger partial charge in [0.2, 0.25) is 0 Å². The van der Waals surface area contributed by atoms with E-state index >= 15 is 0 Å². The third-order valence-electron chi connectivity index (χ3n) is 2.50. The van der Waals surface area contributed by atoms with Gasteiger partial charge in [-0.1, -0.05) is 18.5 Å². The van der Waals surface area contributed by atoms with Crippen molar-refractivity contribution >= 4 is 17.4 Å². The van der Waals surface area contributed by atoms with Crippen molar-refractivity contribution in [1.29, 1.82) is 0 Å². The highest BCUT2D eigenvalue weighted by Gasteiger charge is 2.27. The van der Waals surface area contributed by atoms with E-state index in [9.17, 15) is 0 Å². The van der Waals surface area contributed by atoms with Crippen LogP contribution in [0.2, 0.25) is 5.15 Å². The number of hydrogen-bond acceptors (Lipinski definition) is 3. The predicted molar refractivity (Wildman–Crippen MR) is 53.1 cm³/mol. The van der Waals surface area contributed by atoms with Gasteiger partial charge in [-0.15, -0.1) is 0 Å². The van der Waals surface area contributed by atoms with Crippen LogP contribution in [0.25, 0.3) is 0 Å². The van der Waals surface area contributed by atoms with Crippen LogP contribution in [-0.2, 0) is 0 Å². The van der Waals surface area contributed by atoms with Crippen LogP contribution < -0.4 is 4.90 Å². The van der Waals surface area contributed by atoms with Crippen molar-refractivity contribution in [3.8, 4) is 0 Å². The minimum atomic E-state index is 0.472. The monoisotopic (exact) mass is 197 g/mol. The maximum absolute atomic E-state index is 5.76. The molecule has 13 heavy (non-hydrogen) atoms. The van der Waals surface area contributed by atoms with Gasteiger partial charge in [0.25, 0.3) is 0 Å². The lowest BCUT2D eigenvalue weighted by Crippen LogP contribution is -2.47. The summed E-state index contributed by atoms with van der Waals surface area (Å²) in [5.41, 5.74) is 0. The summed E-state index contributed by atoms with van der Waals surface area (Å²) in [4.78, 5) is 10.5. The molecule has 0 radical (unpaired) electrons. The van der Waals surface area contributed by atoms with Crippen LogP contribution in [0.5, 0.6) is 0 Å². The molecule has 0 spiro atoms. The number of hydrogen-bond donors (Lipinski definition) is 0. The second kappa shape index (κ2) is 3.50. The van der Waals surface area contributed by atoms with Crippen molar-refractivity contribution in [3.63, 3.8) is 0 Å². The number of nitrogens with zero attached hydrogens (tertiary/aromatic N) is 3. The lowest BCUT2D eigenvalue weighted by atomic mass is 10.0. The van der Waals surface area contributed by atoms with E-state index in [0.717, 1.165) is 18.8 Å². The van der Waals surface area contributed by atoms with E-state index in [1.165, 1.54) is 6.42 Å². The SMILES string of the molecule is CCC1CCN1c1cncc(Cl)n1. The summed E-state index contributed by atoms with van der Waals surface area (Å²) in [5.74, 6) is 0.908. The quantitative estimate of drug-likeness (QED) is 0.728. The summed E-state index contributed by atoms with van der Waals surface area (Å²) >= 11 is 5.76. The Morgan fingerprint density at radius 1 is 1.62 bits per heavy atom. The van der Waals surface area contributed by atoms with Crippen LogP contribution >= 0.6 is 11.6 Å². The van der Waals surface area contributed by atoms with Crippen molar-refractivity contribution in [2.45, 2.75) is 25.8 Å². The van der Waals surface area contributed by atoms with E-state index in [-0.39, 0.29) is 0 Å². The zero-order chi connectivity index (χ0) is 9.26. The minimum absolute atomic E-state index is 0.472. The zero-order valence-electron chi connectivity index (χ0n) is 7.57. The summed E-state index contributed by atoms with van der Waals surface area (Å²) in [6, 6.07) is 0.632. The van der Waals surface area contributed by atoms with Crippen molar-refractivity contribution in [1.82, 2.24) is 9.97 Å². The van der Waals surface area contributed by atoms with Gasteiger partial charge >= 0.3 is 0 Å². The molecule has 2 rings (SSSR count). The van der Waals surface area contributed by atoms with E-state index in [2.05, 4.69) is 21.8 Å². The van der Waals surface area contributed by atoms with Crippen LogP contribution in [-0.4, -0.2) is 22.6 Å². The molecule has 0 aliphatic carbocycles. The Morgan fingerprint density at radius 3 is 3.00 bits per heavy atom. The van der Waals surface area contributed by atoms with E-state index in [1.807, 2.05) is 0 Å². The summed E-state index contributed by atoms with van der Waals surface area (Å²) in [7, 11) is 0. The van der Waals surface area contributed by atoms with E-state index in [1.54, 1.807) is 12.4 Å². The van der Waals surface area contributed by atoms with Gasteiger partial charge in [0.15, 0.2) is 0 Å². The van der Waals surface area contributed by atoms with Gasteiger partial charge in [0.05, 0.1) is 12.4 Å². The molecule has 1 aliphatic rings. The Bertz CT molecular complexity index is 301. The molecule has 1 aromatic heterocycles. The smallest absolute Gasteiger partial charge is 0.149 e. The highest BCUT2D eigenvalue weighted by Crippen LogP contribution is 2.26. The highest BCUT2D eigenvalue weighted by atomic mass is 35.5. The lowest BCUT2D eigenvalue weighted by Gasteiger charge is -2.41. The molecule has 0 aromatic carbocycles. The second-order valence-corrected chi connectivity index (χ2v) is 3.63. The van der Waals surface area contributed by atoms with Crippen LogP contribution in [0.4, 0.5) is 5.82 Å². The predicted octanol–water partition coefficient (Wildman–Crippen LogP) is 2.12. The molecule has 1 saturated heterocycles. The number of rotatable bonds is 2. The Kier molecular flexibility index (Phi) is 2.36. The molecule has 1 unspecified atom stereocenters. The number of halogens is 1. The second-order valence-electron chi connectivity index (χ2n) is 3.24. The first-order valence-corrected chi connectivity index (χ1v) is 4.93. The lowest BCUT2D eigenvalue weighted by molar-refractivity contribution is 0.432. The van der Waals surface area contributed by atoms with Gasteiger partial charge in [0, 0.05) is 12.6 Å². The van der Waals surface area contributed by atoms with E-state index < -0.39 is 0 Å². The Hall–Kier alpha value is -0.830. The molecule has 4 heteroatoms. The fourth-order valence-corrected chi connectivity index (χ4v) is 1.78. The van der Waals surface area contributed by atoms with Crippen LogP contribution in [0.15, 0.2) is 12.4 Å². The maximum Gasteiger partial charge on any atom is 0.149 e. The van der Waals surface area contributed by atoms with Crippen LogP contribution in [0, 0.1) is 0 Å². The summed E-state index contributed by atoms with van der Waals surface area (Å²) in [6.45, 7) is 3.27. The van der Waals surface area contributed by atoms with Gasteiger partial charge in [-0.25, -0.2) is 4.98 Å². The Labute approximate surface area is 82.8 Å². The minimum Gasteiger partial charge on any atom is -0.352 e. The molecule has 70 valence electrons. The maximum atomic E-state index is 5.76. The van der Waals surface area contributed by atoms with Crippen LogP contribution in [0.1, 0.15) is 19.8 Å². The third-order valence-corrected chi connectivity index (χ3v) is 2.68. The summed E-state index contributed by atoms with van der Waals surface area (Å²) in [5, 5.41) is 0.472. The normalized spacial score (nSPS) is 21.4. The van der Waals surface area contributed by atoms with Gasteiger partial charge in [-0.05, 0) is 12.8 Å². The van der Waals surface area contributed by atoms with Crippen LogP contribution in [0.3, 0.4) is 0 Å². The van der Waals surface area contributed by atoms with Gasteiger partial charge in [-0.2, -0.15) is 0 Å². The van der Waals surface area contributed by atoms with Crippen molar-refractivity contribution < 1.29 is 0 Å². The molecule has 1 aliphatic heterocycles. The van der Waals surface area contributed by atoms with Gasteiger partial charge in [0.1, 0.15) is 11.0 Å². The molecule has 0 N–H and O–H groups in total. The Balaban J connectivity index is 2.16. The van der Waals surface area contributed by atoms with Crippen molar-refractivity contribution in [3.05, 3.63) is 17.5 Å². The average Bonchev–Trinajstić information content (AvgIpc) is 2.03. The van der Waals surface area contributed by atoms with E-state index in [4.69, 9.17) is 11.6 Å². The topological polar surface area (TPSA) is 29.0 Å². The molecule has 3 nitrogen and oxygen atoms in total. The first-order chi connectivity index (χ1) is 6.31.